The Hall–Kier alpha value is -3.04. The summed E-state index contributed by atoms with van der Waals surface area (Å²) in [7, 11) is 0. The average Bonchev–Trinajstić information content (AvgIpc) is 3.13. The van der Waals surface area contributed by atoms with Gasteiger partial charge in [-0.15, -0.1) is 0 Å². The second-order valence-corrected chi connectivity index (χ2v) is 7.84. The van der Waals surface area contributed by atoms with Gasteiger partial charge in [0.1, 0.15) is 0 Å². The van der Waals surface area contributed by atoms with Crippen molar-refractivity contribution in [2.75, 3.05) is 16.3 Å². The molecule has 1 atom stereocenters. The van der Waals surface area contributed by atoms with Gasteiger partial charge in [0, 0.05) is 31.8 Å². The number of hydrogen-bond acceptors (Lipinski definition) is 4. The highest BCUT2D eigenvalue weighted by molar-refractivity contribution is 6.03. The minimum Gasteiger partial charge on any atom is -0.446 e. The maximum atomic E-state index is 12.7. The van der Waals surface area contributed by atoms with Crippen molar-refractivity contribution in [3.8, 4) is 11.1 Å². The van der Waals surface area contributed by atoms with Gasteiger partial charge < -0.3 is 9.64 Å². The summed E-state index contributed by atoms with van der Waals surface area (Å²) < 4.78 is 44.0. The van der Waals surface area contributed by atoms with Crippen LogP contribution < -0.4 is 9.80 Å². The molecular weight excluding hydrogens is 413 g/mol. The number of ether oxygens (including phenoxy) is 1. The molecule has 1 aromatic carbocycles. The zero-order valence-corrected chi connectivity index (χ0v) is 17.8. The van der Waals surface area contributed by atoms with E-state index in [1.165, 1.54) is 28.9 Å². The van der Waals surface area contributed by atoms with Crippen LogP contribution >= 0.6 is 0 Å². The van der Waals surface area contributed by atoms with Crippen LogP contribution in [0.2, 0.25) is 0 Å². The molecule has 1 aromatic heterocycles. The summed E-state index contributed by atoms with van der Waals surface area (Å²) in [6.07, 6.45) is -3.07. The fraction of sp³-hybridized carbons (Fsp3) is 0.476. The lowest BCUT2D eigenvalue weighted by Crippen LogP contribution is -2.51. The van der Waals surface area contributed by atoms with E-state index < -0.39 is 18.7 Å². The molecule has 10 heteroatoms. The molecule has 0 N–H and O–H groups in total. The number of alkyl halides is 3. The minimum absolute atomic E-state index is 0.154. The van der Waals surface area contributed by atoms with Crippen molar-refractivity contribution in [1.82, 2.24) is 9.78 Å². The summed E-state index contributed by atoms with van der Waals surface area (Å²) >= 11 is 0. The zero-order valence-electron chi connectivity index (χ0n) is 17.8. The van der Waals surface area contributed by atoms with Gasteiger partial charge in [0.2, 0.25) is 5.91 Å². The first-order chi connectivity index (χ1) is 14.5. The fourth-order valence-electron chi connectivity index (χ4n) is 3.60. The number of amides is 2. The summed E-state index contributed by atoms with van der Waals surface area (Å²) in [6, 6.07) is 4.96. The van der Waals surface area contributed by atoms with Gasteiger partial charge in [0.15, 0.2) is 0 Å². The van der Waals surface area contributed by atoms with Gasteiger partial charge in [0.25, 0.3) is 0 Å². The molecule has 31 heavy (non-hydrogen) atoms. The molecule has 0 spiro atoms. The van der Waals surface area contributed by atoms with Crippen molar-refractivity contribution in [3.05, 3.63) is 30.6 Å². The van der Waals surface area contributed by atoms with E-state index in [2.05, 4.69) is 5.10 Å². The number of anilines is 2. The molecule has 1 aliphatic heterocycles. The predicted octanol–water partition coefficient (Wildman–Crippen LogP) is 4.61. The van der Waals surface area contributed by atoms with Crippen LogP contribution in [0, 0.1) is 0 Å². The Kier molecular flexibility index (Phi) is 6.28. The van der Waals surface area contributed by atoms with E-state index in [4.69, 9.17) is 4.74 Å². The smallest absolute Gasteiger partial charge is 0.414 e. The molecule has 168 valence electrons. The monoisotopic (exact) mass is 438 g/mol. The van der Waals surface area contributed by atoms with Gasteiger partial charge in [-0.2, -0.15) is 18.3 Å². The normalized spacial score (nSPS) is 16.5. The summed E-state index contributed by atoms with van der Waals surface area (Å²) in [6.45, 7) is 6.78. The highest BCUT2D eigenvalue weighted by Crippen LogP contribution is 2.39. The molecular formula is C21H25F3N4O3. The Balaban J connectivity index is 1.97. The van der Waals surface area contributed by atoms with Gasteiger partial charge in [-0.3, -0.25) is 14.4 Å². The zero-order chi connectivity index (χ0) is 22.9. The quantitative estimate of drug-likeness (QED) is 0.699. The van der Waals surface area contributed by atoms with Gasteiger partial charge in [-0.25, -0.2) is 4.79 Å². The summed E-state index contributed by atoms with van der Waals surface area (Å²) in [5.41, 5.74) is 2.34. The van der Waals surface area contributed by atoms with Crippen LogP contribution in [0.4, 0.5) is 29.3 Å². The van der Waals surface area contributed by atoms with Crippen molar-refractivity contribution in [1.29, 1.82) is 0 Å². The van der Waals surface area contributed by atoms with Crippen LogP contribution in [-0.4, -0.2) is 46.6 Å². The first kappa shape index (κ1) is 22.6. The molecule has 7 nitrogen and oxygen atoms in total. The van der Waals surface area contributed by atoms with E-state index in [1.54, 1.807) is 36.9 Å². The molecule has 2 aromatic rings. The lowest BCUT2D eigenvalue weighted by Gasteiger charge is -2.40. The number of aromatic nitrogens is 2. The Labute approximate surface area is 178 Å². The lowest BCUT2D eigenvalue weighted by molar-refractivity contribution is -0.137. The molecule has 0 saturated carbocycles. The fourth-order valence-corrected chi connectivity index (χ4v) is 3.60. The number of rotatable bonds is 4. The van der Waals surface area contributed by atoms with E-state index in [9.17, 15) is 22.8 Å². The molecule has 0 bridgehead atoms. The molecule has 0 aliphatic carbocycles. The molecule has 3 rings (SSSR count). The van der Waals surface area contributed by atoms with E-state index in [1.807, 2.05) is 6.92 Å². The third-order valence-corrected chi connectivity index (χ3v) is 4.90. The van der Waals surface area contributed by atoms with Gasteiger partial charge in [0.05, 0.1) is 36.1 Å². The number of benzene rings is 1. The third kappa shape index (κ3) is 5.18. The van der Waals surface area contributed by atoms with Crippen LogP contribution in [-0.2, 0) is 16.1 Å². The number of fused-ring (bicyclic) bond motifs is 1. The Morgan fingerprint density at radius 3 is 2.55 bits per heavy atom. The van der Waals surface area contributed by atoms with Gasteiger partial charge >= 0.3 is 12.3 Å². The van der Waals surface area contributed by atoms with Crippen molar-refractivity contribution in [2.45, 2.75) is 59.0 Å². The Bertz CT molecular complexity index is 971. The molecule has 2 amide bonds. The highest BCUT2D eigenvalue weighted by Gasteiger charge is 2.35. The third-order valence-electron chi connectivity index (χ3n) is 4.90. The Morgan fingerprint density at radius 1 is 1.23 bits per heavy atom. The van der Waals surface area contributed by atoms with Gasteiger partial charge in [-0.1, -0.05) is 6.07 Å². The predicted molar refractivity (Wildman–Crippen MR) is 110 cm³/mol. The second-order valence-electron chi connectivity index (χ2n) is 7.84. The number of carbonyl (C=O) groups is 2. The maximum Gasteiger partial charge on any atom is 0.414 e. The highest BCUT2D eigenvalue weighted by atomic mass is 19.4. The average molecular weight is 438 g/mol. The number of carbonyl (C=O) groups excluding carboxylic acids is 2. The number of nitrogens with zero attached hydrogens (tertiary/aromatic N) is 4. The molecule has 2 heterocycles. The van der Waals surface area contributed by atoms with Crippen LogP contribution in [0.15, 0.2) is 30.6 Å². The summed E-state index contributed by atoms with van der Waals surface area (Å²) in [5, 5.41) is 4.00. The first-order valence-electron chi connectivity index (χ1n) is 9.98. The second kappa shape index (κ2) is 8.60. The van der Waals surface area contributed by atoms with E-state index in [0.29, 0.717) is 22.5 Å². The number of halogens is 3. The molecule has 0 saturated heterocycles. The standard InChI is InChI=1S/C21H25F3N4O3/c1-13(2)31-20(30)27-11-14(3)28(15(4)29)18-6-5-16(9-19(18)27)17-10-25-26(12-17)8-7-21(22,23)24/h5-6,9-10,12-14H,7-8,11H2,1-4H3/t14-/m0/s1. The molecule has 0 fully saturated rings. The maximum absolute atomic E-state index is 12.7. The minimum atomic E-state index is -4.26. The summed E-state index contributed by atoms with van der Waals surface area (Å²) in [4.78, 5) is 28.0. The summed E-state index contributed by atoms with van der Waals surface area (Å²) in [5.74, 6) is -0.154. The van der Waals surface area contributed by atoms with Gasteiger partial charge in [-0.05, 0) is 38.5 Å². The van der Waals surface area contributed by atoms with Crippen LogP contribution in [0.3, 0.4) is 0 Å². The van der Waals surface area contributed by atoms with Crippen LogP contribution in [0.25, 0.3) is 11.1 Å². The molecule has 0 unspecified atom stereocenters. The largest absolute Gasteiger partial charge is 0.446 e. The topological polar surface area (TPSA) is 67.7 Å². The molecule has 0 radical (unpaired) electrons. The van der Waals surface area contributed by atoms with Crippen molar-refractivity contribution in [3.63, 3.8) is 0 Å². The van der Waals surface area contributed by atoms with E-state index in [-0.39, 0.29) is 31.1 Å². The van der Waals surface area contributed by atoms with Crippen molar-refractivity contribution in [2.24, 2.45) is 0 Å². The van der Waals surface area contributed by atoms with Crippen molar-refractivity contribution < 1.29 is 27.5 Å². The lowest BCUT2D eigenvalue weighted by atomic mass is 10.0. The number of aryl methyl sites for hydroxylation is 1. The van der Waals surface area contributed by atoms with E-state index >= 15 is 0 Å². The number of hydrogen-bond donors (Lipinski definition) is 0. The molecule has 1 aliphatic rings. The van der Waals surface area contributed by atoms with Crippen molar-refractivity contribution >= 4 is 23.4 Å². The van der Waals surface area contributed by atoms with Crippen LogP contribution in [0.5, 0.6) is 0 Å². The first-order valence-corrected chi connectivity index (χ1v) is 9.98. The SMILES string of the molecule is CC(=O)N1c2ccc(-c3cnn(CCC(F)(F)F)c3)cc2N(C(=O)OC(C)C)C[C@@H]1C. The van der Waals surface area contributed by atoms with E-state index in [0.717, 1.165) is 0 Å². The Morgan fingerprint density at radius 2 is 1.94 bits per heavy atom. The van der Waals surface area contributed by atoms with Crippen LogP contribution in [0.1, 0.15) is 34.1 Å².